The Balaban J connectivity index is 1.46. The number of hydrogen-bond acceptors (Lipinski definition) is 5. The highest BCUT2D eigenvalue weighted by molar-refractivity contribution is 7.89. The topological polar surface area (TPSA) is 61.9 Å². The maximum atomic E-state index is 13.9. The van der Waals surface area contributed by atoms with Crippen molar-refractivity contribution in [1.29, 1.82) is 0 Å². The van der Waals surface area contributed by atoms with Crippen molar-refractivity contribution in [1.82, 2.24) is 9.62 Å². The number of anilines is 1. The van der Waals surface area contributed by atoms with E-state index in [1.807, 2.05) is 17.9 Å². The second kappa shape index (κ2) is 9.36. The molecule has 1 fully saturated rings. The molecule has 2 aromatic rings. The van der Waals surface area contributed by atoms with Crippen molar-refractivity contribution in [3.8, 4) is 5.75 Å². The van der Waals surface area contributed by atoms with Gasteiger partial charge in [0.25, 0.3) is 0 Å². The van der Waals surface area contributed by atoms with E-state index < -0.39 is 10.0 Å². The van der Waals surface area contributed by atoms with Gasteiger partial charge in [-0.2, -0.15) is 0 Å². The minimum atomic E-state index is -3.54. The SMILES string of the molecule is CCOc1ccc(S(=O)(=O)NCCN2CCN(c3ccccc3F)CC2)cc1. The molecule has 0 radical (unpaired) electrons. The highest BCUT2D eigenvalue weighted by Gasteiger charge is 2.20. The van der Waals surface area contributed by atoms with Crippen molar-refractivity contribution in [2.45, 2.75) is 11.8 Å². The maximum Gasteiger partial charge on any atom is 0.240 e. The molecule has 0 unspecified atom stereocenters. The van der Waals surface area contributed by atoms with Crippen LogP contribution in [-0.2, 0) is 10.0 Å². The molecule has 0 saturated carbocycles. The van der Waals surface area contributed by atoms with Crippen molar-refractivity contribution < 1.29 is 17.5 Å². The molecule has 1 aliphatic rings. The van der Waals surface area contributed by atoms with Gasteiger partial charge < -0.3 is 9.64 Å². The Morgan fingerprint density at radius 3 is 2.36 bits per heavy atom. The highest BCUT2D eigenvalue weighted by Crippen LogP contribution is 2.20. The first kappa shape index (κ1) is 20.6. The largest absolute Gasteiger partial charge is 0.494 e. The number of nitrogens with one attached hydrogen (secondary N) is 1. The molecule has 3 rings (SSSR count). The van der Waals surface area contributed by atoms with Gasteiger partial charge in [-0.25, -0.2) is 17.5 Å². The zero-order chi connectivity index (χ0) is 20.0. The minimum absolute atomic E-state index is 0.209. The summed E-state index contributed by atoms with van der Waals surface area (Å²) >= 11 is 0. The smallest absolute Gasteiger partial charge is 0.240 e. The molecule has 0 spiro atoms. The summed E-state index contributed by atoms with van der Waals surface area (Å²) in [5.74, 6) is 0.438. The van der Waals surface area contributed by atoms with Gasteiger partial charge >= 0.3 is 0 Å². The second-order valence-electron chi connectivity index (χ2n) is 6.58. The van der Waals surface area contributed by atoms with Gasteiger partial charge in [0.15, 0.2) is 0 Å². The summed E-state index contributed by atoms with van der Waals surface area (Å²) in [6.45, 7) is 6.31. The van der Waals surface area contributed by atoms with Gasteiger partial charge in [-0.15, -0.1) is 0 Å². The van der Waals surface area contributed by atoms with E-state index in [2.05, 4.69) is 9.62 Å². The summed E-state index contributed by atoms with van der Waals surface area (Å²) < 4.78 is 46.7. The van der Waals surface area contributed by atoms with Crippen molar-refractivity contribution >= 4 is 15.7 Å². The van der Waals surface area contributed by atoms with E-state index in [-0.39, 0.29) is 10.7 Å². The molecule has 152 valence electrons. The van der Waals surface area contributed by atoms with Gasteiger partial charge in [-0.1, -0.05) is 12.1 Å². The van der Waals surface area contributed by atoms with Crippen molar-refractivity contribution in [2.24, 2.45) is 0 Å². The van der Waals surface area contributed by atoms with Gasteiger partial charge in [0.1, 0.15) is 11.6 Å². The molecule has 1 N–H and O–H groups in total. The van der Waals surface area contributed by atoms with Gasteiger partial charge in [0, 0.05) is 39.3 Å². The third kappa shape index (κ3) is 5.21. The number of halogens is 1. The lowest BCUT2D eigenvalue weighted by Crippen LogP contribution is -2.48. The Morgan fingerprint density at radius 2 is 1.71 bits per heavy atom. The first-order chi connectivity index (χ1) is 13.5. The lowest BCUT2D eigenvalue weighted by atomic mass is 10.2. The number of ether oxygens (including phenoxy) is 1. The molecule has 0 aromatic heterocycles. The molecule has 8 heteroatoms. The predicted molar refractivity (Wildman–Crippen MR) is 108 cm³/mol. The van der Waals surface area contributed by atoms with Crippen molar-refractivity contribution in [3.05, 3.63) is 54.3 Å². The number of benzene rings is 2. The zero-order valence-corrected chi connectivity index (χ0v) is 16.8. The Morgan fingerprint density at radius 1 is 1.04 bits per heavy atom. The van der Waals surface area contributed by atoms with Crippen LogP contribution in [-0.4, -0.2) is 59.2 Å². The molecule has 1 saturated heterocycles. The highest BCUT2D eigenvalue weighted by atomic mass is 32.2. The molecule has 0 bridgehead atoms. The van der Waals surface area contributed by atoms with Gasteiger partial charge in [0.05, 0.1) is 17.2 Å². The van der Waals surface area contributed by atoms with E-state index >= 15 is 0 Å². The van der Waals surface area contributed by atoms with Crippen LogP contribution in [0.4, 0.5) is 10.1 Å². The maximum absolute atomic E-state index is 13.9. The zero-order valence-electron chi connectivity index (χ0n) is 16.0. The molecule has 0 atom stereocenters. The standard InChI is InChI=1S/C20H26FN3O3S/c1-2-27-17-7-9-18(10-8-17)28(25,26)22-11-12-23-13-15-24(16-14-23)20-6-4-3-5-19(20)21/h3-10,22H,2,11-16H2,1H3. The first-order valence-electron chi connectivity index (χ1n) is 9.44. The van der Waals surface area contributed by atoms with E-state index in [1.54, 1.807) is 36.4 Å². The van der Waals surface area contributed by atoms with Crippen LogP contribution in [0.3, 0.4) is 0 Å². The fraction of sp³-hybridized carbons (Fsp3) is 0.400. The lowest BCUT2D eigenvalue weighted by molar-refractivity contribution is 0.261. The van der Waals surface area contributed by atoms with E-state index in [1.165, 1.54) is 6.07 Å². The number of hydrogen-bond donors (Lipinski definition) is 1. The summed E-state index contributed by atoms with van der Waals surface area (Å²) in [5, 5.41) is 0. The Bertz CT molecular complexity index is 867. The molecule has 6 nitrogen and oxygen atoms in total. The minimum Gasteiger partial charge on any atom is -0.494 e. The van der Waals surface area contributed by atoms with Crippen LogP contribution in [0, 0.1) is 5.82 Å². The number of nitrogens with zero attached hydrogens (tertiary/aromatic N) is 2. The molecule has 28 heavy (non-hydrogen) atoms. The summed E-state index contributed by atoms with van der Waals surface area (Å²) in [5.41, 5.74) is 0.623. The molecular weight excluding hydrogens is 381 g/mol. The molecule has 1 aliphatic heterocycles. The van der Waals surface area contributed by atoms with Crippen LogP contribution in [0.1, 0.15) is 6.92 Å². The Kier molecular flexibility index (Phi) is 6.88. The normalized spacial score (nSPS) is 15.6. The lowest BCUT2D eigenvalue weighted by Gasteiger charge is -2.36. The predicted octanol–water partition coefficient (Wildman–Crippen LogP) is 2.32. The number of piperazine rings is 1. The summed E-state index contributed by atoms with van der Waals surface area (Å²) in [4.78, 5) is 4.42. The van der Waals surface area contributed by atoms with E-state index in [4.69, 9.17) is 4.74 Å². The molecular formula is C20H26FN3O3S. The van der Waals surface area contributed by atoms with E-state index in [9.17, 15) is 12.8 Å². The van der Waals surface area contributed by atoms with Gasteiger partial charge in [-0.3, -0.25) is 4.90 Å². The third-order valence-corrected chi connectivity index (χ3v) is 6.21. The Hall–Kier alpha value is -2.16. The number of rotatable bonds is 8. The van der Waals surface area contributed by atoms with Crippen molar-refractivity contribution in [3.63, 3.8) is 0 Å². The fourth-order valence-corrected chi connectivity index (χ4v) is 4.24. The van der Waals surface area contributed by atoms with Crippen LogP contribution in [0.15, 0.2) is 53.4 Å². The average molecular weight is 408 g/mol. The fourth-order valence-electron chi connectivity index (χ4n) is 3.22. The third-order valence-electron chi connectivity index (χ3n) is 4.73. The van der Waals surface area contributed by atoms with E-state index in [0.29, 0.717) is 44.2 Å². The van der Waals surface area contributed by atoms with E-state index in [0.717, 1.165) is 13.1 Å². The summed E-state index contributed by atoms with van der Waals surface area (Å²) in [6.07, 6.45) is 0. The van der Waals surface area contributed by atoms with Crippen molar-refractivity contribution in [2.75, 3.05) is 50.8 Å². The molecule has 0 aliphatic carbocycles. The molecule has 2 aromatic carbocycles. The van der Waals surface area contributed by atoms with Crippen LogP contribution in [0.2, 0.25) is 0 Å². The second-order valence-corrected chi connectivity index (χ2v) is 8.35. The van der Waals surface area contributed by atoms with Crippen LogP contribution in [0.5, 0.6) is 5.75 Å². The molecule has 0 amide bonds. The quantitative estimate of drug-likeness (QED) is 0.728. The summed E-state index contributed by atoms with van der Waals surface area (Å²) in [6, 6.07) is 13.2. The number of sulfonamides is 1. The van der Waals surface area contributed by atoms with Gasteiger partial charge in [0.2, 0.25) is 10.0 Å². The van der Waals surface area contributed by atoms with Gasteiger partial charge in [-0.05, 0) is 43.3 Å². The summed E-state index contributed by atoms with van der Waals surface area (Å²) in [7, 11) is -3.54. The monoisotopic (exact) mass is 407 g/mol. The first-order valence-corrected chi connectivity index (χ1v) is 10.9. The average Bonchev–Trinajstić information content (AvgIpc) is 2.70. The van der Waals surface area contributed by atoms with Crippen LogP contribution in [0.25, 0.3) is 0 Å². The van der Waals surface area contributed by atoms with Crippen LogP contribution < -0.4 is 14.4 Å². The Labute approximate surface area is 166 Å². The number of para-hydroxylation sites is 1. The molecule has 1 heterocycles. The van der Waals surface area contributed by atoms with Crippen LogP contribution >= 0.6 is 0 Å².